The number of aromatic nitrogens is 1. The van der Waals surface area contributed by atoms with Gasteiger partial charge in [-0.2, -0.15) is 0 Å². The second-order valence-corrected chi connectivity index (χ2v) is 6.30. The van der Waals surface area contributed by atoms with Crippen molar-refractivity contribution in [3.8, 4) is 0 Å². The maximum atomic E-state index is 11.9. The van der Waals surface area contributed by atoms with Crippen LogP contribution in [0.15, 0.2) is 18.3 Å². The summed E-state index contributed by atoms with van der Waals surface area (Å²) in [7, 11) is 0. The lowest BCUT2D eigenvalue weighted by Gasteiger charge is -2.27. The van der Waals surface area contributed by atoms with Crippen molar-refractivity contribution in [2.24, 2.45) is 5.92 Å². The molecule has 0 radical (unpaired) electrons. The fourth-order valence-corrected chi connectivity index (χ4v) is 3.09. The van der Waals surface area contributed by atoms with Gasteiger partial charge in [-0.05, 0) is 43.5 Å². The van der Waals surface area contributed by atoms with Crippen LogP contribution in [0.1, 0.15) is 24.8 Å². The van der Waals surface area contributed by atoms with Crippen LogP contribution in [-0.4, -0.2) is 50.3 Å². The van der Waals surface area contributed by atoms with Gasteiger partial charge >= 0.3 is 0 Å². The van der Waals surface area contributed by atoms with Gasteiger partial charge in [-0.1, -0.05) is 6.07 Å². The van der Waals surface area contributed by atoms with Crippen molar-refractivity contribution >= 4 is 36.5 Å². The van der Waals surface area contributed by atoms with Crippen LogP contribution in [0.5, 0.6) is 0 Å². The van der Waals surface area contributed by atoms with Crippen molar-refractivity contribution in [2.45, 2.75) is 25.8 Å². The Hall–Kier alpha value is -1.08. The van der Waals surface area contributed by atoms with E-state index in [0.717, 1.165) is 57.2 Å². The molecule has 0 saturated carbocycles. The van der Waals surface area contributed by atoms with Crippen LogP contribution < -0.4 is 15.5 Å². The first-order valence-corrected chi connectivity index (χ1v) is 8.56. The minimum absolute atomic E-state index is 0. The second kappa shape index (κ2) is 11.5. The van der Waals surface area contributed by atoms with E-state index in [4.69, 9.17) is 4.74 Å². The van der Waals surface area contributed by atoms with Gasteiger partial charge in [-0.15, -0.1) is 24.8 Å². The monoisotopic (exact) mass is 390 g/mol. The predicted octanol–water partition coefficient (Wildman–Crippen LogP) is 1.77. The maximum absolute atomic E-state index is 11.9. The lowest BCUT2D eigenvalue weighted by molar-refractivity contribution is -0.121. The SMILES string of the molecule is Cl.Cl.O=C(CCC1CCNC1)NCc1ccc(N2CCOCC2)nc1. The molecule has 1 unspecified atom stereocenters. The fraction of sp³-hybridized carbons (Fsp3) is 0.647. The highest BCUT2D eigenvalue weighted by molar-refractivity contribution is 5.85. The van der Waals surface area contributed by atoms with Crippen molar-refractivity contribution in [3.05, 3.63) is 23.9 Å². The highest BCUT2D eigenvalue weighted by Crippen LogP contribution is 2.15. The normalized spacial score (nSPS) is 19.7. The first-order valence-electron chi connectivity index (χ1n) is 8.56. The highest BCUT2D eigenvalue weighted by Gasteiger charge is 2.15. The van der Waals surface area contributed by atoms with Crippen molar-refractivity contribution in [1.29, 1.82) is 0 Å². The first-order chi connectivity index (χ1) is 11.3. The quantitative estimate of drug-likeness (QED) is 0.774. The van der Waals surface area contributed by atoms with E-state index in [1.165, 1.54) is 6.42 Å². The van der Waals surface area contributed by atoms with E-state index in [9.17, 15) is 4.79 Å². The number of rotatable bonds is 6. The molecule has 2 aliphatic heterocycles. The summed E-state index contributed by atoms with van der Waals surface area (Å²) in [5.74, 6) is 1.78. The number of ether oxygens (including phenoxy) is 1. The molecule has 3 heterocycles. The number of halogens is 2. The molecule has 3 rings (SSSR count). The molecular formula is C17H28Cl2N4O2. The molecule has 0 aliphatic carbocycles. The zero-order chi connectivity index (χ0) is 15.9. The van der Waals surface area contributed by atoms with Crippen LogP contribution in [0.25, 0.3) is 0 Å². The van der Waals surface area contributed by atoms with Gasteiger partial charge in [-0.25, -0.2) is 4.98 Å². The van der Waals surface area contributed by atoms with Crippen molar-refractivity contribution in [3.63, 3.8) is 0 Å². The van der Waals surface area contributed by atoms with E-state index in [2.05, 4.69) is 20.5 Å². The molecule has 6 nitrogen and oxygen atoms in total. The van der Waals surface area contributed by atoms with Crippen molar-refractivity contribution in [1.82, 2.24) is 15.6 Å². The molecule has 1 atom stereocenters. The summed E-state index contributed by atoms with van der Waals surface area (Å²) in [6.45, 7) is 6.00. The Kier molecular flexibility index (Phi) is 10.1. The largest absolute Gasteiger partial charge is 0.378 e. The lowest BCUT2D eigenvalue weighted by Crippen LogP contribution is -2.36. The molecule has 1 amide bonds. The molecule has 142 valence electrons. The number of nitrogens with zero attached hydrogens (tertiary/aromatic N) is 2. The maximum Gasteiger partial charge on any atom is 0.220 e. The summed E-state index contributed by atoms with van der Waals surface area (Å²) >= 11 is 0. The summed E-state index contributed by atoms with van der Waals surface area (Å²) in [4.78, 5) is 18.6. The average Bonchev–Trinajstić information content (AvgIpc) is 3.13. The number of nitrogens with one attached hydrogen (secondary N) is 2. The number of hydrogen-bond donors (Lipinski definition) is 2. The average molecular weight is 391 g/mol. The minimum Gasteiger partial charge on any atom is -0.378 e. The summed E-state index contributed by atoms with van der Waals surface area (Å²) in [6.07, 6.45) is 4.64. The lowest BCUT2D eigenvalue weighted by atomic mass is 10.0. The van der Waals surface area contributed by atoms with Gasteiger partial charge in [0.05, 0.1) is 13.2 Å². The standard InChI is InChI=1S/C17H26N4O2.2ClH/c22-17(4-2-14-5-6-18-11-14)20-13-15-1-3-16(19-12-15)21-7-9-23-10-8-21;;/h1,3,12,14,18H,2,4-11,13H2,(H,20,22);2*1H. The molecule has 0 bridgehead atoms. The molecule has 2 N–H and O–H groups in total. The number of pyridine rings is 1. The molecule has 25 heavy (non-hydrogen) atoms. The number of carbonyl (C=O) groups is 1. The number of hydrogen-bond acceptors (Lipinski definition) is 5. The van der Waals surface area contributed by atoms with Gasteiger partial charge in [0, 0.05) is 32.3 Å². The molecule has 2 saturated heterocycles. The van der Waals surface area contributed by atoms with Crippen LogP contribution in [0.2, 0.25) is 0 Å². The number of morpholine rings is 1. The Morgan fingerprint density at radius 1 is 1.32 bits per heavy atom. The third-order valence-corrected chi connectivity index (χ3v) is 4.58. The smallest absolute Gasteiger partial charge is 0.220 e. The number of carbonyl (C=O) groups excluding carboxylic acids is 1. The van der Waals surface area contributed by atoms with E-state index in [1.807, 2.05) is 18.3 Å². The van der Waals surface area contributed by atoms with E-state index in [1.54, 1.807) is 0 Å². The van der Waals surface area contributed by atoms with Crippen molar-refractivity contribution in [2.75, 3.05) is 44.3 Å². The van der Waals surface area contributed by atoms with E-state index in [-0.39, 0.29) is 30.7 Å². The third kappa shape index (κ3) is 6.98. The fourth-order valence-electron chi connectivity index (χ4n) is 3.09. The first kappa shape index (κ1) is 22.0. The topological polar surface area (TPSA) is 66.5 Å². The Morgan fingerprint density at radius 2 is 2.12 bits per heavy atom. The van der Waals surface area contributed by atoms with Gasteiger partial charge in [0.1, 0.15) is 5.82 Å². The van der Waals surface area contributed by atoms with Gasteiger partial charge in [0.25, 0.3) is 0 Å². The molecule has 2 fully saturated rings. The predicted molar refractivity (Wildman–Crippen MR) is 104 cm³/mol. The Labute approximate surface area is 161 Å². The van der Waals surface area contributed by atoms with Crippen LogP contribution in [-0.2, 0) is 16.1 Å². The van der Waals surface area contributed by atoms with Gasteiger partial charge in [-0.3, -0.25) is 4.79 Å². The summed E-state index contributed by atoms with van der Waals surface area (Å²) < 4.78 is 5.35. The van der Waals surface area contributed by atoms with E-state index in [0.29, 0.717) is 18.9 Å². The van der Waals surface area contributed by atoms with Crippen LogP contribution in [0, 0.1) is 5.92 Å². The number of amides is 1. The van der Waals surface area contributed by atoms with Crippen LogP contribution in [0.4, 0.5) is 5.82 Å². The van der Waals surface area contributed by atoms with Gasteiger partial charge in [0.2, 0.25) is 5.91 Å². The van der Waals surface area contributed by atoms with Crippen molar-refractivity contribution < 1.29 is 9.53 Å². The Morgan fingerprint density at radius 3 is 2.76 bits per heavy atom. The minimum atomic E-state index is 0. The Bertz CT molecular complexity index is 504. The zero-order valence-corrected chi connectivity index (χ0v) is 16.0. The Balaban J connectivity index is 0.00000156. The van der Waals surface area contributed by atoms with Crippen LogP contribution >= 0.6 is 24.8 Å². The zero-order valence-electron chi connectivity index (χ0n) is 14.4. The molecule has 0 aromatic carbocycles. The summed E-state index contributed by atoms with van der Waals surface area (Å²) in [5.41, 5.74) is 1.04. The molecule has 8 heteroatoms. The second-order valence-electron chi connectivity index (χ2n) is 6.30. The molecule has 0 spiro atoms. The van der Waals surface area contributed by atoms with Gasteiger partial charge in [0.15, 0.2) is 0 Å². The van der Waals surface area contributed by atoms with E-state index < -0.39 is 0 Å². The molecular weight excluding hydrogens is 363 g/mol. The highest BCUT2D eigenvalue weighted by atomic mass is 35.5. The molecule has 1 aromatic rings. The van der Waals surface area contributed by atoms with E-state index >= 15 is 0 Å². The molecule has 2 aliphatic rings. The number of anilines is 1. The third-order valence-electron chi connectivity index (χ3n) is 4.58. The molecule has 1 aromatic heterocycles. The van der Waals surface area contributed by atoms with Crippen LogP contribution in [0.3, 0.4) is 0 Å². The summed E-state index contributed by atoms with van der Waals surface area (Å²) in [6, 6.07) is 4.07. The van der Waals surface area contributed by atoms with Gasteiger partial charge < -0.3 is 20.3 Å². The summed E-state index contributed by atoms with van der Waals surface area (Å²) in [5, 5.41) is 6.32.